The fraction of sp³-hybridized carbons (Fsp3) is 0.529. The topological polar surface area (TPSA) is 58.2 Å². The molecule has 1 aliphatic rings. The first-order chi connectivity index (χ1) is 10.1. The molecule has 0 unspecified atom stereocenters. The van der Waals surface area contributed by atoms with E-state index >= 15 is 0 Å². The van der Waals surface area contributed by atoms with Gasteiger partial charge in [-0.2, -0.15) is 0 Å². The van der Waals surface area contributed by atoms with E-state index in [0.717, 1.165) is 31.2 Å². The maximum Gasteiger partial charge on any atom is 0.243 e. The van der Waals surface area contributed by atoms with Gasteiger partial charge in [0, 0.05) is 6.92 Å². The summed E-state index contributed by atoms with van der Waals surface area (Å²) in [5.41, 5.74) is 1.07. The van der Waals surface area contributed by atoms with Crippen molar-refractivity contribution >= 4 is 11.8 Å². The van der Waals surface area contributed by atoms with Crippen molar-refractivity contribution in [3.8, 4) is 0 Å². The largest absolute Gasteiger partial charge is 0.348 e. The van der Waals surface area contributed by atoms with Crippen LogP contribution in [0.1, 0.15) is 51.1 Å². The predicted molar refractivity (Wildman–Crippen MR) is 82.6 cm³/mol. The van der Waals surface area contributed by atoms with E-state index in [1.807, 2.05) is 37.3 Å². The number of hydrogen-bond donors (Lipinski definition) is 2. The Labute approximate surface area is 126 Å². The van der Waals surface area contributed by atoms with Crippen LogP contribution in [0, 0.1) is 5.92 Å². The van der Waals surface area contributed by atoms with E-state index in [4.69, 9.17) is 0 Å². The number of benzene rings is 1. The lowest BCUT2D eigenvalue weighted by atomic mass is 9.96. The molecule has 1 saturated carbocycles. The third-order valence-electron chi connectivity index (χ3n) is 4.17. The molecule has 0 bridgehead atoms. The molecule has 0 aliphatic heterocycles. The van der Waals surface area contributed by atoms with Crippen molar-refractivity contribution in [2.24, 2.45) is 5.92 Å². The normalized spacial score (nSPS) is 18.0. The molecule has 0 aromatic heterocycles. The smallest absolute Gasteiger partial charge is 0.243 e. The summed E-state index contributed by atoms with van der Waals surface area (Å²) >= 11 is 0. The molecule has 0 radical (unpaired) electrons. The monoisotopic (exact) mass is 288 g/mol. The van der Waals surface area contributed by atoms with Gasteiger partial charge in [0.05, 0.1) is 6.04 Å². The summed E-state index contributed by atoms with van der Waals surface area (Å²) in [7, 11) is 0. The third-order valence-corrected chi connectivity index (χ3v) is 4.17. The van der Waals surface area contributed by atoms with Gasteiger partial charge in [-0.1, -0.05) is 43.2 Å². The Bertz CT molecular complexity index is 481. The van der Waals surface area contributed by atoms with Crippen molar-refractivity contribution < 1.29 is 9.59 Å². The van der Waals surface area contributed by atoms with E-state index in [-0.39, 0.29) is 23.8 Å². The number of amides is 2. The Morgan fingerprint density at radius 3 is 2.29 bits per heavy atom. The van der Waals surface area contributed by atoms with Crippen molar-refractivity contribution in [2.75, 3.05) is 0 Å². The Hall–Kier alpha value is -1.84. The molecule has 4 nitrogen and oxygen atoms in total. The zero-order valence-electron chi connectivity index (χ0n) is 12.8. The van der Waals surface area contributed by atoms with E-state index < -0.39 is 6.04 Å². The lowest BCUT2D eigenvalue weighted by molar-refractivity contribution is -0.129. The summed E-state index contributed by atoms with van der Waals surface area (Å²) in [6, 6.07) is 9.39. The first-order valence-electron chi connectivity index (χ1n) is 7.70. The zero-order chi connectivity index (χ0) is 15.2. The highest BCUT2D eigenvalue weighted by molar-refractivity contribution is 5.87. The van der Waals surface area contributed by atoms with Crippen LogP contribution in [-0.2, 0) is 9.59 Å². The molecular weight excluding hydrogens is 264 g/mol. The molecule has 1 fully saturated rings. The van der Waals surface area contributed by atoms with Crippen molar-refractivity contribution in [3.63, 3.8) is 0 Å². The maximum absolute atomic E-state index is 12.5. The molecule has 2 atom stereocenters. The fourth-order valence-electron chi connectivity index (χ4n) is 3.04. The van der Waals surface area contributed by atoms with Crippen LogP contribution in [0.3, 0.4) is 0 Å². The van der Waals surface area contributed by atoms with E-state index in [9.17, 15) is 9.59 Å². The molecule has 1 aliphatic carbocycles. The molecule has 114 valence electrons. The lowest BCUT2D eigenvalue weighted by Gasteiger charge is -2.25. The summed E-state index contributed by atoms with van der Waals surface area (Å²) in [5.74, 6) is 0.0414. The van der Waals surface area contributed by atoms with Gasteiger partial charge in [-0.25, -0.2) is 0 Å². The molecule has 1 aromatic rings. The maximum atomic E-state index is 12.5. The molecule has 2 rings (SSSR count). The van der Waals surface area contributed by atoms with Gasteiger partial charge in [-0.15, -0.1) is 0 Å². The summed E-state index contributed by atoms with van der Waals surface area (Å²) in [4.78, 5) is 23.9. The molecule has 2 N–H and O–H groups in total. The molecule has 0 saturated heterocycles. The number of rotatable bonds is 5. The third kappa shape index (κ3) is 4.31. The van der Waals surface area contributed by atoms with Crippen LogP contribution in [-0.4, -0.2) is 17.9 Å². The van der Waals surface area contributed by atoms with Crippen molar-refractivity contribution in [1.82, 2.24) is 10.6 Å². The molecule has 1 aromatic carbocycles. The number of nitrogens with one attached hydrogen (secondary N) is 2. The van der Waals surface area contributed by atoms with Gasteiger partial charge < -0.3 is 10.6 Å². The fourth-order valence-corrected chi connectivity index (χ4v) is 3.04. The Kier molecular flexibility index (Phi) is 5.37. The summed E-state index contributed by atoms with van der Waals surface area (Å²) < 4.78 is 0. The molecule has 21 heavy (non-hydrogen) atoms. The van der Waals surface area contributed by atoms with Crippen LogP contribution in [0.25, 0.3) is 0 Å². The first kappa shape index (κ1) is 15.5. The Morgan fingerprint density at radius 1 is 1.10 bits per heavy atom. The number of carbonyl (C=O) groups excluding carboxylic acids is 2. The average Bonchev–Trinajstić information content (AvgIpc) is 2.99. The molecule has 4 heteroatoms. The van der Waals surface area contributed by atoms with Crippen LogP contribution < -0.4 is 10.6 Å². The lowest BCUT2D eigenvalue weighted by Crippen LogP contribution is -2.50. The minimum absolute atomic E-state index is 0.0589. The number of carbonyl (C=O) groups is 2. The highest BCUT2D eigenvalue weighted by Crippen LogP contribution is 2.28. The Balaban J connectivity index is 2.02. The van der Waals surface area contributed by atoms with E-state index in [0.29, 0.717) is 0 Å². The van der Waals surface area contributed by atoms with Gasteiger partial charge in [0.1, 0.15) is 6.04 Å². The summed E-state index contributed by atoms with van der Waals surface area (Å²) in [6.45, 7) is 3.43. The van der Waals surface area contributed by atoms with Crippen molar-refractivity contribution in [1.29, 1.82) is 0 Å². The van der Waals surface area contributed by atoms with E-state index in [1.165, 1.54) is 6.92 Å². The van der Waals surface area contributed by atoms with E-state index in [2.05, 4.69) is 10.6 Å². The summed E-state index contributed by atoms with van der Waals surface area (Å²) in [5, 5.41) is 5.85. The van der Waals surface area contributed by atoms with Crippen LogP contribution in [0.4, 0.5) is 0 Å². The van der Waals surface area contributed by atoms with Crippen LogP contribution >= 0.6 is 0 Å². The minimum Gasteiger partial charge on any atom is -0.348 e. The first-order valence-corrected chi connectivity index (χ1v) is 7.70. The van der Waals surface area contributed by atoms with Crippen LogP contribution in [0.2, 0.25) is 0 Å². The van der Waals surface area contributed by atoms with Crippen molar-refractivity contribution in [3.05, 3.63) is 35.9 Å². The second-order valence-electron chi connectivity index (χ2n) is 5.86. The number of hydrogen-bond acceptors (Lipinski definition) is 2. The zero-order valence-corrected chi connectivity index (χ0v) is 12.8. The van der Waals surface area contributed by atoms with Gasteiger partial charge in [0.15, 0.2) is 0 Å². The molecule has 0 heterocycles. The van der Waals surface area contributed by atoms with Crippen molar-refractivity contribution in [2.45, 2.75) is 51.6 Å². The van der Waals surface area contributed by atoms with Gasteiger partial charge >= 0.3 is 0 Å². The van der Waals surface area contributed by atoms with E-state index in [1.54, 1.807) is 0 Å². The standard InChI is InChI=1S/C17H24N2O2/c1-12(14-8-4-3-5-9-14)18-17(21)16(19-13(2)20)15-10-6-7-11-15/h3-5,8-9,12,15-16H,6-7,10-11H2,1-2H3,(H,18,21)(H,19,20)/t12-,16+/m1/s1. The van der Waals surface area contributed by atoms with Gasteiger partial charge in [-0.05, 0) is 31.2 Å². The van der Waals surface area contributed by atoms with Crippen LogP contribution in [0.5, 0.6) is 0 Å². The quantitative estimate of drug-likeness (QED) is 0.875. The molecular formula is C17H24N2O2. The SMILES string of the molecule is CC(=O)N[C@H](C(=O)N[C@H](C)c1ccccc1)C1CCCC1. The molecule has 0 spiro atoms. The predicted octanol–water partition coefficient (Wildman–Crippen LogP) is 2.56. The van der Waals surface area contributed by atoms with Gasteiger partial charge in [-0.3, -0.25) is 9.59 Å². The minimum atomic E-state index is -0.406. The second-order valence-corrected chi connectivity index (χ2v) is 5.86. The molecule has 2 amide bonds. The average molecular weight is 288 g/mol. The van der Waals surface area contributed by atoms with Crippen LogP contribution in [0.15, 0.2) is 30.3 Å². The van der Waals surface area contributed by atoms with Gasteiger partial charge in [0.2, 0.25) is 11.8 Å². The van der Waals surface area contributed by atoms with Gasteiger partial charge in [0.25, 0.3) is 0 Å². The highest BCUT2D eigenvalue weighted by Gasteiger charge is 2.31. The Morgan fingerprint density at radius 2 is 1.71 bits per heavy atom. The summed E-state index contributed by atoms with van der Waals surface area (Å²) in [6.07, 6.45) is 4.31. The second kappa shape index (κ2) is 7.25. The highest BCUT2D eigenvalue weighted by atomic mass is 16.2.